The molecule has 0 aliphatic carbocycles. The molecule has 6 nitrogen and oxygen atoms in total. The molecule has 5 rings (SSSR count). The van der Waals surface area contributed by atoms with E-state index in [2.05, 4.69) is 17.4 Å². The van der Waals surface area contributed by atoms with Gasteiger partial charge in [-0.15, -0.1) is 0 Å². The van der Waals surface area contributed by atoms with Crippen LogP contribution in [0.25, 0.3) is 11.1 Å². The predicted molar refractivity (Wildman–Crippen MR) is 182 cm³/mol. The molecule has 8 heteroatoms. The highest BCUT2D eigenvalue weighted by atomic mass is 35.5. The van der Waals surface area contributed by atoms with Gasteiger partial charge in [-0.05, 0) is 102 Å². The second-order valence-electron chi connectivity index (χ2n) is 11.1. The van der Waals surface area contributed by atoms with E-state index < -0.39 is 21.9 Å². The smallest absolute Gasteiger partial charge is 0.337 e. The van der Waals surface area contributed by atoms with Crippen molar-refractivity contribution in [1.82, 2.24) is 5.32 Å². The second-order valence-corrected chi connectivity index (χ2v) is 13.5. The number of rotatable bonds is 13. The lowest BCUT2D eigenvalue weighted by molar-refractivity contribution is 0.0600. The Kier molecular flexibility index (Phi) is 11.0. The fourth-order valence-electron chi connectivity index (χ4n) is 5.38. The van der Waals surface area contributed by atoms with Gasteiger partial charge in [0, 0.05) is 11.1 Å². The molecule has 236 valence electrons. The second kappa shape index (κ2) is 15.3. The number of aryl methyl sites for hydroxylation is 1. The first-order valence-electron chi connectivity index (χ1n) is 15.1. The molecule has 0 amide bonds. The third kappa shape index (κ3) is 8.30. The molecule has 0 aliphatic heterocycles. The molecule has 5 aromatic rings. The molecule has 0 spiro atoms. The molecule has 0 bridgehead atoms. The van der Waals surface area contributed by atoms with Crippen molar-refractivity contribution < 1.29 is 23.1 Å². The number of carbonyl (C=O) groups is 1. The van der Waals surface area contributed by atoms with Crippen molar-refractivity contribution in [2.24, 2.45) is 0 Å². The minimum absolute atomic E-state index is 0.209. The van der Waals surface area contributed by atoms with E-state index in [-0.39, 0.29) is 15.8 Å². The third-order valence-corrected chi connectivity index (χ3v) is 9.98. The molecule has 1 unspecified atom stereocenters. The molecule has 0 saturated carbocycles. The Morgan fingerprint density at radius 3 is 2.00 bits per heavy atom. The minimum atomic E-state index is -3.69. The Morgan fingerprint density at radius 2 is 1.39 bits per heavy atom. The summed E-state index contributed by atoms with van der Waals surface area (Å²) in [4.78, 5) is 12.1. The van der Waals surface area contributed by atoms with E-state index in [1.54, 1.807) is 72.8 Å². The molecule has 0 saturated heterocycles. The number of hydrogen-bond donors (Lipinski definition) is 2. The first-order chi connectivity index (χ1) is 22.2. The maximum Gasteiger partial charge on any atom is 0.337 e. The van der Waals surface area contributed by atoms with Crippen LogP contribution in [-0.4, -0.2) is 39.2 Å². The Morgan fingerprint density at radius 1 is 0.783 bits per heavy atom. The summed E-state index contributed by atoms with van der Waals surface area (Å²) in [5, 5.41) is 15.3. The molecule has 0 aliphatic rings. The van der Waals surface area contributed by atoms with E-state index in [1.807, 2.05) is 42.5 Å². The predicted octanol–water partition coefficient (Wildman–Crippen LogP) is 7.49. The van der Waals surface area contributed by atoms with E-state index in [0.717, 1.165) is 40.7 Å². The van der Waals surface area contributed by atoms with Crippen LogP contribution in [0.1, 0.15) is 39.6 Å². The molecule has 0 heterocycles. The van der Waals surface area contributed by atoms with E-state index in [4.69, 9.17) is 16.3 Å². The first kappa shape index (κ1) is 33.1. The zero-order valence-electron chi connectivity index (χ0n) is 25.5. The van der Waals surface area contributed by atoms with Crippen LogP contribution in [0.5, 0.6) is 0 Å². The topological polar surface area (TPSA) is 92.7 Å². The van der Waals surface area contributed by atoms with E-state index >= 15 is 0 Å². The Labute approximate surface area is 275 Å². The van der Waals surface area contributed by atoms with Gasteiger partial charge < -0.3 is 15.2 Å². The highest BCUT2D eigenvalue weighted by molar-refractivity contribution is 7.91. The van der Waals surface area contributed by atoms with Gasteiger partial charge in [-0.25, -0.2) is 13.2 Å². The van der Waals surface area contributed by atoms with Gasteiger partial charge in [-0.1, -0.05) is 90.5 Å². The molecule has 2 atom stereocenters. The highest BCUT2D eigenvalue weighted by Crippen LogP contribution is 2.27. The molecule has 0 fully saturated rings. The molecule has 0 aromatic heterocycles. The largest absolute Gasteiger partial charge is 0.465 e. The Balaban J connectivity index is 1.18. The first-order valence-corrected chi connectivity index (χ1v) is 16.9. The van der Waals surface area contributed by atoms with E-state index in [9.17, 15) is 18.3 Å². The van der Waals surface area contributed by atoms with Crippen LogP contribution in [0.4, 0.5) is 0 Å². The SMILES string of the molecule is COC(=O)c1ccc(-c2ccc(S(=O)(=O)c3ccc(CCCNC(Cc4ccccc4)[C@H](O)c4cccc(Cl)c4)cc3)cc2)cc1. The Hall–Kier alpha value is -4.27. The van der Waals surface area contributed by atoms with Gasteiger partial charge in [0.05, 0.1) is 28.6 Å². The van der Waals surface area contributed by atoms with Crippen molar-refractivity contribution in [2.75, 3.05) is 13.7 Å². The summed E-state index contributed by atoms with van der Waals surface area (Å²) < 4.78 is 31.4. The van der Waals surface area contributed by atoms with Gasteiger partial charge in [0.1, 0.15) is 0 Å². The number of hydrogen-bond acceptors (Lipinski definition) is 6. The third-order valence-electron chi connectivity index (χ3n) is 7.96. The van der Waals surface area contributed by atoms with E-state index in [0.29, 0.717) is 23.6 Å². The van der Waals surface area contributed by atoms with Crippen molar-refractivity contribution >= 4 is 27.4 Å². The van der Waals surface area contributed by atoms with Crippen molar-refractivity contribution in [1.29, 1.82) is 0 Å². The van der Waals surface area contributed by atoms with Crippen molar-refractivity contribution in [2.45, 2.75) is 41.2 Å². The zero-order chi connectivity index (χ0) is 32.5. The van der Waals surface area contributed by atoms with Crippen molar-refractivity contribution in [3.8, 4) is 11.1 Å². The fourth-order valence-corrected chi connectivity index (χ4v) is 6.84. The van der Waals surface area contributed by atoms with Crippen molar-refractivity contribution in [3.63, 3.8) is 0 Å². The number of aliphatic hydroxyl groups is 1. The average molecular weight is 654 g/mol. The van der Waals surface area contributed by atoms with Gasteiger partial charge in [-0.2, -0.15) is 0 Å². The lowest BCUT2D eigenvalue weighted by Gasteiger charge is -2.25. The lowest BCUT2D eigenvalue weighted by Crippen LogP contribution is -2.37. The van der Waals surface area contributed by atoms with Gasteiger partial charge >= 0.3 is 5.97 Å². The number of nitrogens with one attached hydrogen (secondary N) is 1. The van der Waals surface area contributed by atoms with Crippen LogP contribution in [0.2, 0.25) is 5.02 Å². The summed E-state index contributed by atoms with van der Waals surface area (Å²) >= 11 is 6.19. The Bertz CT molecular complexity index is 1840. The summed E-state index contributed by atoms with van der Waals surface area (Å²) in [5.41, 5.74) is 5.07. The lowest BCUT2D eigenvalue weighted by atomic mass is 9.96. The van der Waals surface area contributed by atoms with Crippen LogP contribution < -0.4 is 5.32 Å². The molecule has 46 heavy (non-hydrogen) atoms. The molecule has 5 aromatic carbocycles. The summed E-state index contributed by atoms with van der Waals surface area (Å²) in [6.07, 6.45) is 1.48. The summed E-state index contributed by atoms with van der Waals surface area (Å²) in [6, 6.07) is 37.8. The van der Waals surface area contributed by atoms with Gasteiger partial charge in [0.15, 0.2) is 0 Å². The summed E-state index contributed by atoms with van der Waals surface area (Å²) in [6.45, 7) is 0.674. The number of carbonyl (C=O) groups excluding carboxylic acids is 1. The van der Waals surface area contributed by atoms with Crippen LogP contribution >= 0.6 is 11.6 Å². The number of benzene rings is 5. The number of halogens is 1. The molecule has 2 N–H and O–H groups in total. The molecular weight excluding hydrogens is 618 g/mol. The standard InChI is InChI=1S/C38H36ClNO5S/c1-45-38(42)31-16-14-29(15-17-31)30-18-22-35(23-19-30)46(43,44)34-20-12-27(13-21-34)9-6-24-40-36(25-28-7-3-2-4-8-28)37(41)32-10-5-11-33(39)26-32/h2-5,7-8,10-23,26,36-37,40-41H,6,9,24-25H2,1H3/t36?,37-/m1/s1. The van der Waals surface area contributed by atoms with Crippen LogP contribution in [0.15, 0.2) is 137 Å². The van der Waals surface area contributed by atoms with Gasteiger partial charge in [-0.3, -0.25) is 0 Å². The zero-order valence-corrected chi connectivity index (χ0v) is 27.0. The summed E-state index contributed by atoms with van der Waals surface area (Å²) in [7, 11) is -2.36. The van der Waals surface area contributed by atoms with Crippen LogP contribution in [0, 0.1) is 0 Å². The van der Waals surface area contributed by atoms with Gasteiger partial charge in [0.25, 0.3) is 0 Å². The summed E-state index contributed by atoms with van der Waals surface area (Å²) in [5.74, 6) is -0.409. The maximum atomic E-state index is 13.3. The number of ether oxygens (including phenoxy) is 1. The number of sulfone groups is 1. The number of methoxy groups -OCH3 is 1. The highest BCUT2D eigenvalue weighted by Gasteiger charge is 2.22. The molecular formula is C38H36ClNO5S. The van der Waals surface area contributed by atoms with Crippen LogP contribution in [0.3, 0.4) is 0 Å². The van der Waals surface area contributed by atoms with Crippen molar-refractivity contribution in [3.05, 3.63) is 155 Å². The minimum Gasteiger partial charge on any atom is -0.465 e. The fraction of sp³-hybridized carbons (Fsp3) is 0.184. The molecule has 0 radical (unpaired) electrons. The van der Waals surface area contributed by atoms with E-state index in [1.165, 1.54) is 7.11 Å². The average Bonchev–Trinajstić information content (AvgIpc) is 3.09. The number of esters is 1. The normalized spacial score (nSPS) is 12.8. The number of aliphatic hydroxyl groups excluding tert-OH is 1. The quantitative estimate of drug-likeness (QED) is 0.101. The van der Waals surface area contributed by atoms with Crippen LogP contribution in [-0.2, 0) is 27.4 Å². The maximum absolute atomic E-state index is 13.3. The van der Waals surface area contributed by atoms with Gasteiger partial charge in [0.2, 0.25) is 9.84 Å². The monoisotopic (exact) mass is 653 g/mol.